The van der Waals surface area contributed by atoms with E-state index in [1.807, 2.05) is 11.9 Å². The zero-order chi connectivity index (χ0) is 13.1. The minimum Gasteiger partial charge on any atom is -0.381 e. The molecule has 0 amide bonds. The molecule has 1 unspecified atom stereocenters. The third kappa shape index (κ3) is 2.65. The first-order valence-corrected chi connectivity index (χ1v) is 5.63. The van der Waals surface area contributed by atoms with Gasteiger partial charge in [0.1, 0.15) is 6.20 Å². The molecule has 0 aromatic carbocycles. The van der Waals surface area contributed by atoms with Crippen molar-refractivity contribution >= 4 is 17.5 Å². The van der Waals surface area contributed by atoms with E-state index in [2.05, 4.69) is 9.97 Å². The molecule has 98 valence electrons. The third-order valence-electron chi connectivity index (χ3n) is 2.88. The zero-order valence-corrected chi connectivity index (χ0v) is 10.1. The molecule has 2 rings (SSSR count). The maximum absolute atomic E-state index is 10.6. The van der Waals surface area contributed by atoms with Gasteiger partial charge in [0.25, 0.3) is 0 Å². The van der Waals surface area contributed by atoms with Crippen LogP contribution in [0.3, 0.4) is 0 Å². The molecule has 0 saturated carbocycles. The first-order chi connectivity index (χ1) is 8.58. The molecule has 2 N–H and O–H groups in total. The highest BCUT2D eigenvalue weighted by Crippen LogP contribution is 2.21. The van der Waals surface area contributed by atoms with Gasteiger partial charge in [-0.1, -0.05) is 0 Å². The molecule has 18 heavy (non-hydrogen) atoms. The van der Waals surface area contributed by atoms with Gasteiger partial charge in [-0.15, -0.1) is 0 Å². The van der Waals surface area contributed by atoms with Crippen LogP contribution in [0.4, 0.5) is 17.5 Å². The van der Waals surface area contributed by atoms with Crippen LogP contribution in [0, 0.1) is 16.0 Å². The van der Waals surface area contributed by atoms with Gasteiger partial charge in [0.05, 0.1) is 11.5 Å². The number of hydrogen-bond donors (Lipinski definition) is 1. The Kier molecular flexibility index (Phi) is 3.56. The average molecular weight is 253 g/mol. The van der Waals surface area contributed by atoms with Crippen molar-refractivity contribution in [3.63, 3.8) is 0 Å². The summed E-state index contributed by atoms with van der Waals surface area (Å²) in [5.74, 6) is 0.722. The van der Waals surface area contributed by atoms with Crippen LogP contribution in [0.1, 0.15) is 6.42 Å². The Morgan fingerprint density at radius 2 is 2.50 bits per heavy atom. The number of nitrogen functional groups attached to an aromatic ring is 1. The van der Waals surface area contributed by atoms with Gasteiger partial charge in [0, 0.05) is 26.1 Å². The van der Waals surface area contributed by atoms with Crippen LogP contribution >= 0.6 is 0 Å². The van der Waals surface area contributed by atoms with Gasteiger partial charge in [-0.2, -0.15) is 4.98 Å². The lowest BCUT2D eigenvalue weighted by Gasteiger charge is -2.20. The topological polar surface area (TPSA) is 107 Å². The summed E-state index contributed by atoms with van der Waals surface area (Å²) in [6.45, 7) is 2.26. The van der Waals surface area contributed by atoms with E-state index in [9.17, 15) is 10.1 Å². The third-order valence-corrected chi connectivity index (χ3v) is 2.88. The van der Waals surface area contributed by atoms with Crippen molar-refractivity contribution in [3.05, 3.63) is 16.3 Å². The summed E-state index contributed by atoms with van der Waals surface area (Å²) in [6.07, 6.45) is 2.14. The Morgan fingerprint density at radius 1 is 1.72 bits per heavy atom. The van der Waals surface area contributed by atoms with Gasteiger partial charge in [-0.3, -0.25) is 10.1 Å². The summed E-state index contributed by atoms with van der Waals surface area (Å²) < 4.78 is 5.29. The second-order valence-corrected chi connectivity index (χ2v) is 4.31. The molecular formula is C10H15N5O3. The van der Waals surface area contributed by atoms with Gasteiger partial charge in [-0.05, 0) is 6.42 Å². The fourth-order valence-corrected chi connectivity index (χ4v) is 1.90. The summed E-state index contributed by atoms with van der Waals surface area (Å²) in [5.41, 5.74) is 5.26. The first kappa shape index (κ1) is 12.5. The van der Waals surface area contributed by atoms with Gasteiger partial charge in [0.2, 0.25) is 11.8 Å². The predicted octanol–water partition coefficient (Wildman–Crippen LogP) is 0.440. The van der Waals surface area contributed by atoms with Crippen molar-refractivity contribution in [1.29, 1.82) is 0 Å². The SMILES string of the molecule is CN(CC1CCOC1)c1ncc([N+](=O)[O-])c(N)n1. The lowest BCUT2D eigenvalue weighted by molar-refractivity contribution is -0.384. The summed E-state index contributed by atoms with van der Waals surface area (Å²) in [7, 11) is 1.83. The molecule has 1 aliphatic heterocycles. The van der Waals surface area contributed by atoms with E-state index >= 15 is 0 Å². The Morgan fingerprint density at radius 3 is 3.06 bits per heavy atom. The van der Waals surface area contributed by atoms with Crippen LogP contribution in [0.25, 0.3) is 0 Å². The summed E-state index contributed by atoms with van der Waals surface area (Å²) in [6, 6.07) is 0. The van der Waals surface area contributed by atoms with Crippen molar-refractivity contribution in [2.45, 2.75) is 6.42 Å². The van der Waals surface area contributed by atoms with Crippen LogP contribution in [-0.2, 0) is 4.74 Å². The van der Waals surface area contributed by atoms with Crippen LogP contribution in [-0.4, -0.2) is 41.7 Å². The van der Waals surface area contributed by atoms with Crippen molar-refractivity contribution in [2.75, 3.05) is 37.4 Å². The highest BCUT2D eigenvalue weighted by molar-refractivity contribution is 5.53. The molecule has 1 aliphatic rings. The normalized spacial score (nSPS) is 18.8. The maximum Gasteiger partial charge on any atom is 0.329 e. The Hall–Kier alpha value is -1.96. The van der Waals surface area contributed by atoms with Crippen molar-refractivity contribution in [2.24, 2.45) is 5.92 Å². The smallest absolute Gasteiger partial charge is 0.329 e. The quantitative estimate of drug-likeness (QED) is 0.612. The molecule has 1 aromatic rings. The Labute approximate surface area is 104 Å². The van der Waals surface area contributed by atoms with Gasteiger partial charge in [-0.25, -0.2) is 4.98 Å². The number of aromatic nitrogens is 2. The number of hydrogen-bond acceptors (Lipinski definition) is 7. The summed E-state index contributed by atoms with van der Waals surface area (Å²) >= 11 is 0. The van der Waals surface area contributed by atoms with Crippen LogP contribution < -0.4 is 10.6 Å². The number of nitro groups is 1. The second kappa shape index (κ2) is 5.13. The molecular weight excluding hydrogens is 238 g/mol. The number of rotatable bonds is 4. The fraction of sp³-hybridized carbons (Fsp3) is 0.600. The standard InChI is InChI=1S/C10H15N5O3/c1-14(5-7-2-3-18-6-7)10-12-4-8(15(16)17)9(11)13-10/h4,7H,2-3,5-6H2,1H3,(H2,11,12,13). The molecule has 1 saturated heterocycles. The number of ether oxygens (including phenoxy) is 1. The van der Waals surface area contributed by atoms with Crippen molar-refractivity contribution < 1.29 is 9.66 Å². The molecule has 2 heterocycles. The average Bonchev–Trinajstić information content (AvgIpc) is 2.81. The van der Waals surface area contributed by atoms with Gasteiger partial charge < -0.3 is 15.4 Å². The monoisotopic (exact) mass is 253 g/mol. The van der Waals surface area contributed by atoms with Crippen LogP contribution in [0.2, 0.25) is 0 Å². The van der Waals surface area contributed by atoms with E-state index in [1.54, 1.807) is 0 Å². The highest BCUT2D eigenvalue weighted by atomic mass is 16.6. The minimum absolute atomic E-state index is 0.112. The van der Waals surface area contributed by atoms with E-state index < -0.39 is 4.92 Å². The maximum atomic E-state index is 10.6. The van der Waals surface area contributed by atoms with Crippen LogP contribution in [0.15, 0.2) is 6.20 Å². The number of nitrogens with zero attached hydrogens (tertiary/aromatic N) is 4. The van der Waals surface area contributed by atoms with Gasteiger partial charge in [0.15, 0.2) is 0 Å². The number of anilines is 2. The van der Waals surface area contributed by atoms with Crippen LogP contribution in [0.5, 0.6) is 0 Å². The number of nitrogens with two attached hydrogens (primary N) is 1. The molecule has 8 nitrogen and oxygen atoms in total. The van der Waals surface area contributed by atoms with E-state index in [4.69, 9.17) is 10.5 Å². The van der Waals surface area contributed by atoms with E-state index in [0.717, 1.165) is 32.4 Å². The molecule has 1 aromatic heterocycles. The Bertz CT molecular complexity index is 447. The minimum atomic E-state index is -0.593. The Balaban J connectivity index is 2.08. The highest BCUT2D eigenvalue weighted by Gasteiger charge is 2.20. The lowest BCUT2D eigenvalue weighted by atomic mass is 10.1. The van der Waals surface area contributed by atoms with E-state index in [0.29, 0.717) is 11.9 Å². The molecule has 0 bridgehead atoms. The molecule has 8 heteroatoms. The molecule has 0 radical (unpaired) electrons. The first-order valence-electron chi connectivity index (χ1n) is 5.63. The molecule has 1 atom stereocenters. The lowest BCUT2D eigenvalue weighted by Crippen LogP contribution is -2.27. The zero-order valence-electron chi connectivity index (χ0n) is 10.1. The fourth-order valence-electron chi connectivity index (χ4n) is 1.90. The van der Waals surface area contributed by atoms with Crippen molar-refractivity contribution in [3.8, 4) is 0 Å². The second-order valence-electron chi connectivity index (χ2n) is 4.31. The summed E-state index contributed by atoms with van der Waals surface area (Å²) in [4.78, 5) is 19.7. The molecule has 0 aliphatic carbocycles. The molecule has 1 fully saturated rings. The van der Waals surface area contributed by atoms with Gasteiger partial charge >= 0.3 is 5.69 Å². The van der Waals surface area contributed by atoms with Crippen molar-refractivity contribution in [1.82, 2.24) is 9.97 Å². The summed E-state index contributed by atoms with van der Waals surface area (Å²) in [5, 5.41) is 10.6. The largest absolute Gasteiger partial charge is 0.381 e. The van der Waals surface area contributed by atoms with E-state index in [1.165, 1.54) is 0 Å². The molecule has 0 spiro atoms. The predicted molar refractivity (Wildman–Crippen MR) is 65.3 cm³/mol. The van der Waals surface area contributed by atoms with E-state index in [-0.39, 0.29) is 11.5 Å².